The molecule has 0 rings (SSSR count). The highest BCUT2D eigenvalue weighted by molar-refractivity contribution is 5.85. The number of hydrogen-bond donors (Lipinski definition) is 1. The van der Waals surface area contributed by atoms with Gasteiger partial charge in [-0.2, -0.15) is 0 Å². The average Bonchev–Trinajstić information content (AvgIpc) is 2.14. The first-order valence-corrected chi connectivity index (χ1v) is 4.99. The van der Waals surface area contributed by atoms with Gasteiger partial charge in [-0.3, -0.25) is 4.79 Å². The minimum atomic E-state index is -1.28. The van der Waals surface area contributed by atoms with Crippen molar-refractivity contribution < 1.29 is 19.4 Å². The van der Waals surface area contributed by atoms with Crippen LogP contribution in [0.4, 0.5) is 0 Å². The predicted octanol–water partition coefficient (Wildman–Crippen LogP) is 0.735. The zero-order valence-corrected chi connectivity index (χ0v) is 9.74. The summed E-state index contributed by atoms with van der Waals surface area (Å²) in [7, 11) is 0. The minimum absolute atomic E-state index is 0.00620. The molecule has 0 bridgehead atoms. The van der Waals surface area contributed by atoms with Crippen LogP contribution in [0.25, 0.3) is 0 Å². The van der Waals surface area contributed by atoms with Crippen molar-refractivity contribution in [1.82, 2.24) is 4.90 Å². The van der Waals surface area contributed by atoms with Gasteiger partial charge < -0.3 is 14.7 Å². The Labute approximate surface area is 90.0 Å². The molecule has 1 atom stereocenters. The molecule has 5 heteroatoms. The van der Waals surface area contributed by atoms with E-state index in [1.165, 1.54) is 18.7 Å². The lowest BCUT2D eigenvalue weighted by molar-refractivity contribution is -0.161. The van der Waals surface area contributed by atoms with Gasteiger partial charge in [-0.25, -0.2) is 4.79 Å². The van der Waals surface area contributed by atoms with Gasteiger partial charge in [-0.1, -0.05) is 0 Å². The number of nitrogens with zero attached hydrogens (tertiary/aromatic N) is 1. The maximum absolute atomic E-state index is 11.3. The van der Waals surface area contributed by atoms with Crippen LogP contribution in [0.1, 0.15) is 27.7 Å². The molecular weight excluding hydrogens is 198 g/mol. The second kappa shape index (κ2) is 5.70. The summed E-state index contributed by atoms with van der Waals surface area (Å²) in [5.74, 6) is -1.31. The third kappa shape index (κ3) is 3.20. The van der Waals surface area contributed by atoms with Crippen molar-refractivity contribution in [2.45, 2.75) is 33.2 Å². The maximum Gasteiger partial charge on any atom is 0.331 e. The van der Waals surface area contributed by atoms with Crippen molar-refractivity contribution in [3.05, 3.63) is 0 Å². The Balaban J connectivity index is 4.89. The lowest BCUT2D eigenvalue weighted by Gasteiger charge is -2.36. The summed E-state index contributed by atoms with van der Waals surface area (Å²) in [6.07, 6.45) is 0. The summed E-state index contributed by atoms with van der Waals surface area (Å²) in [5.41, 5.74) is -1.28. The lowest BCUT2D eigenvalue weighted by atomic mass is 10.0. The Morgan fingerprint density at radius 2 is 1.93 bits per heavy atom. The van der Waals surface area contributed by atoms with Gasteiger partial charge in [0.05, 0.1) is 6.61 Å². The Bertz CT molecular complexity index is 242. The first-order valence-electron chi connectivity index (χ1n) is 4.99. The molecule has 0 aliphatic carbocycles. The SMILES string of the molecule is CCOCC(C)(C(=O)O)N(CC)C(C)=O. The van der Waals surface area contributed by atoms with E-state index in [0.717, 1.165) is 0 Å². The smallest absolute Gasteiger partial charge is 0.331 e. The van der Waals surface area contributed by atoms with Crippen LogP contribution in [-0.4, -0.2) is 47.2 Å². The molecule has 0 aromatic heterocycles. The number of carbonyl (C=O) groups excluding carboxylic acids is 1. The van der Waals surface area contributed by atoms with Crippen LogP contribution < -0.4 is 0 Å². The Morgan fingerprint density at radius 1 is 1.40 bits per heavy atom. The summed E-state index contributed by atoms with van der Waals surface area (Å²) in [5, 5.41) is 9.14. The van der Waals surface area contributed by atoms with Crippen molar-refractivity contribution in [3.63, 3.8) is 0 Å². The van der Waals surface area contributed by atoms with Gasteiger partial charge in [0.1, 0.15) is 0 Å². The van der Waals surface area contributed by atoms with Crippen molar-refractivity contribution in [2.75, 3.05) is 19.8 Å². The normalized spacial score (nSPS) is 14.4. The number of ether oxygens (including phenoxy) is 1. The third-order valence-corrected chi connectivity index (χ3v) is 2.34. The number of rotatable bonds is 6. The highest BCUT2D eigenvalue weighted by Crippen LogP contribution is 2.16. The first-order chi connectivity index (χ1) is 6.90. The standard InChI is InChI=1S/C10H19NO4/c1-5-11(8(3)12)10(4,9(13)14)7-15-6-2/h5-7H2,1-4H3,(H,13,14). The molecule has 0 aromatic rings. The van der Waals surface area contributed by atoms with E-state index >= 15 is 0 Å². The average molecular weight is 217 g/mol. The molecule has 0 saturated heterocycles. The molecule has 0 saturated carbocycles. The molecule has 0 spiro atoms. The molecule has 88 valence electrons. The Kier molecular flexibility index (Phi) is 5.28. The van der Waals surface area contributed by atoms with E-state index < -0.39 is 11.5 Å². The van der Waals surface area contributed by atoms with Gasteiger partial charge in [0.2, 0.25) is 5.91 Å². The second-order valence-corrected chi connectivity index (χ2v) is 3.48. The number of amides is 1. The van der Waals surface area contributed by atoms with Crippen LogP contribution in [0, 0.1) is 0 Å². The van der Waals surface area contributed by atoms with Crippen molar-refractivity contribution in [2.24, 2.45) is 0 Å². The van der Waals surface area contributed by atoms with Gasteiger partial charge in [0, 0.05) is 20.1 Å². The highest BCUT2D eigenvalue weighted by Gasteiger charge is 2.40. The van der Waals surface area contributed by atoms with Crippen LogP contribution in [0.3, 0.4) is 0 Å². The van der Waals surface area contributed by atoms with Gasteiger partial charge in [0.15, 0.2) is 5.54 Å². The molecule has 0 fully saturated rings. The van der Waals surface area contributed by atoms with E-state index in [2.05, 4.69) is 0 Å². The number of likely N-dealkylation sites (N-methyl/N-ethyl adjacent to an activating group) is 1. The molecule has 0 heterocycles. The summed E-state index contributed by atoms with van der Waals surface area (Å²) < 4.78 is 5.12. The molecule has 1 unspecified atom stereocenters. The molecule has 0 aliphatic rings. The molecule has 0 aromatic carbocycles. The van der Waals surface area contributed by atoms with Crippen molar-refractivity contribution in [1.29, 1.82) is 0 Å². The van der Waals surface area contributed by atoms with E-state index in [9.17, 15) is 9.59 Å². The maximum atomic E-state index is 11.3. The highest BCUT2D eigenvalue weighted by atomic mass is 16.5. The molecule has 5 nitrogen and oxygen atoms in total. The topological polar surface area (TPSA) is 66.8 Å². The fraction of sp³-hybridized carbons (Fsp3) is 0.800. The van der Waals surface area contributed by atoms with Gasteiger partial charge in [-0.05, 0) is 20.8 Å². The first kappa shape index (κ1) is 13.9. The van der Waals surface area contributed by atoms with Gasteiger partial charge in [0.25, 0.3) is 0 Å². The van der Waals surface area contributed by atoms with Crippen LogP contribution in [0.5, 0.6) is 0 Å². The molecule has 15 heavy (non-hydrogen) atoms. The summed E-state index contributed by atoms with van der Waals surface area (Å²) in [6.45, 7) is 7.17. The van der Waals surface area contributed by atoms with Gasteiger partial charge in [-0.15, -0.1) is 0 Å². The largest absolute Gasteiger partial charge is 0.479 e. The third-order valence-electron chi connectivity index (χ3n) is 2.34. The van der Waals surface area contributed by atoms with E-state index in [-0.39, 0.29) is 12.5 Å². The minimum Gasteiger partial charge on any atom is -0.479 e. The number of carboxylic acid groups (broad SMARTS) is 1. The quantitative estimate of drug-likeness (QED) is 0.712. The molecule has 1 amide bonds. The molecular formula is C10H19NO4. The number of carboxylic acids is 1. The van der Waals surface area contributed by atoms with Crippen LogP contribution in [-0.2, 0) is 14.3 Å². The Morgan fingerprint density at radius 3 is 2.20 bits per heavy atom. The summed E-state index contributed by atoms with van der Waals surface area (Å²) >= 11 is 0. The molecule has 1 N–H and O–H groups in total. The lowest BCUT2D eigenvalue weighted by Crippen LogP contribution is -2.57. The summed E-state index contributed by atoms with van der Waals surface area (Å²) in [6, 6.07) is 0. The van der Waals surface area contributed by atoms with Gasteiger partial charge >= 0.3 is 5.97 Å². The van der Waals surface area contributed by atoms with E-state index in [0.29, 0.717) is 13.2 Å². The van der Waals surface area contributed by atoms with E-state index in [1.807, 2.05) is 0 Å². The van der Waals surface area contributed by atoms with E-state index in [1.54, 1.807) is 13.8 Å². The van der Waals surface area contributed by atoms with Crippen LogP contribution in [0.15, 0.2) is 0 Å². The molecule has 0 aliphatic heterocycles. The van der Waals surface area contributed by atoms with Crippen LogP contribution >= 0.6 is 0 Å². The second-order valence-electron chi connectivity index (χ2n) is 3.48. The Hall–Kier alpha value is -1.10. The predicted molar refractivity (Wildman–Crippen MR) is 55.6 cm³/mol. The van der Waals surface area contributed by atoms with E-state index in [4.69, 9.17) is 9.84 Å². The number of hydrogen-bond acceptors (Lipinski definition) is 3. The summed E-state index contributed by atoms with van der Waals surface area (Å²) in [4.78, 5) is 23.8. The van der Waals surface area contributed by atoms with Crippen LogP contribution in [0.2, 0.25) is 0 Å². The molecule has 0 radical (unpaired) electrons. The monoisotopic (exact) mass is 217 g/mol. The zero-order chi connectivity index (χ0) is 12.1. The fourth-order valence-corrected chi connectivity index (χ4v) is 1.48. The fourth-order valence-electron chi connectivity index (χ4n) is 1.48. The zero-order valence-electron chi connectivity index (χ0n) is 9.74. The number of carbonyl (C=O) groups is 2. The van der Waals surface area contributed by atoms with Crippen molar-refractivity contribution >= 4 is 11.9 Å². The number of aliphatic carboxylic acids is 1. The van der Waals surface area contributed by atoms with Crippen molar-refractivity contribution in [3.8, 4) is 0 Å².